The maximum Gasteiger partial charge on any atom is 0.0116 e. The van der Waals surface area contributed by atoms with Gasteiger partial charge in [0.2, 0.25) is 0 Å². The molecule has 11 heavy (non-hydrogen) atoms. The van der Waals surface area contributed by atoms with Gasteiger partial charge in [-0.25, -0.2) is 0 Å². The number of allylic oxidation sites excluding steroid dienone is 1. The first-order valence-corrected chi connectivity index (χ1v) is 5.71. The summed E-state index contributed by atoms with van der Waals surface area (Å²) in [5.41, 5.74) is 0. The van der Waals surface area contributed by atoms with Crippen LogP contribution < -0.4 is 0 Å². The lowest BCUT2D eigenvalue weighted by molar-refractivity contribution is 0.516. The Balaban J connectivity index is 2.04. The Kier molecular flexibility index (Phi) is 4.76. The van der Waals surface area contributed by atoms with E-state index in [1.807, 2.05) is 0 Å². The van der Waals surface area contributed by atoms with Crippen LogP contribution in [0.2, 0.25) is 0 Å². The van der Waals surface area contributed by atoms with E-state index < -0.39 is 0 Å². The Hall–Kier alpha value is 0.0900. The van der Waals surface area contributed by atoms with E-state index in [1.165, 1.54) is 37.9 Å². The lowest BCUT2D eigenvalue weighted by atomic mass is 10.0. The zero-order chi connectivity index (χ0) is 7.94. The molecule has 0 nitrogen and oxygen atoms in total. The van der Waals surface area contributed by atoms with E-state index in [2.05, 4.69) is 30.8 Å². The first-order valence-electron chi connectivity index (χ1n) is 4.66. The first kappa shape index (κ1) is 9.18. The highest BCUT2D eigenvalue weighted by Gasteiger charge is 2.11. The quantitative estimate of drug-likeness (QED) is 0.583. The van der Waals surface area contributed by atoms with Gasteiger partial charge in [-0.15, -0.1) is 0 Å². The first-order chi connectivity index (χ1) is 5.43. The molecule has 0 aromatic rings. The Morgan fingerprint density at radius 3 is 2.64 bits per heavy atom. The summed E-state index contributed by atoms with van der Waals surface area (Å²) in [7, 11) is 0. The van der Waals surface area contributed by atoms with Crippen molar-refractivity contribution in [3.8, 4) is 0 Å². The van der Waals surface area contributed by atoms with Crippen LogP contribution in [-0.2, 0) is 0 Å². The standard InChI is InChI=1S/C10H18S/c1-2-3-9-11-10-7-5-4-6-8-10/h2-3,10H,4-9H2,1H3/b3-2+. The fraction of sp³-hybridized carbons (Fsp3) is 0.800. The molecular weight excluding hydrogens is 152 g/mol. The van der Waals surface area contributed by atoms with E-state index in [0.717, 1.165) is 5.25 Å². The van der Waals surface area contributed by atoms with Gasteiger partial charge >= 0.3 is 0 Å². The Bertz CT molecular complexity index is 112. The molecule has 1 heteroatoms. The lowest BCUT2D eigenvalue weighted by Crippen LogP contribution is -2.07. The third kappa shape index (κ3) is 3.85. The monoisotopic (exact) mass is 170 g/mol. The number of thioether (sulfide) groups is 1. The van der Waals surface area contributed by atoms with Crippen molar-refractivity contribution in [2.75, 3.05) is 5.75 Å². The van der Waals surface area contributed by atoms with Gasteiger partial charge in [-0.3, -0.25) is 0 Å². The minimum atomic E-state index is 0.972. The minimum absolute atomic E-state index is 0.972. The van der Waals surface area contributed by atoms with Crippen LogP contribution in [0.5, 0.6) is 0 Å². The lowest BCUT2D eigenvalue weighted by Gasteiger charge is -2.19. The van der Waals surface area contributed by atoms with Crippen molar-refractivity contribution in [3.05, 3.63) is 12.2 Å². The van der Waals surface area contributed by atoms with Crippen LogP contribution in [0.3, 0.4) is 0 Å². The van der Waals surface area contributed by atoms with Gasteiger partial charge in [0, 0.05) is 11.0 Å². The van der Waals surface area contributed by atoms with E-state index in [0.29, 0.717) is 0 Å². The van der Waals surface area contributed by atoms with Crippen LogP contribution in [-0.4, -0.2) is 11.0 Å². The molecular formula is C10H18S. The molecule has 0 aliphatic heterocycles. The van der Waals surface area contributed by atoms with E-state index >= 15 is 0 Å². The SMILES string of the molecule is C/C=C/CSC1CCCCC1. The average molecular weight is 170 g/mol. The summed E-state index contributed by atoms with van der Waals surface area (Å²) in [4.78, 5) is 0. The molecule has 0 N–H and O–H groups in total. The second-order valence-electron chi connectivity index (χ2n) is 3.16. The highest BCUT2D eigenvalue weighted by molar-refractivity contribution is 8.00. The van der Waals surface area contributed by atoms with E-state index in [-0.39, 0.29) is 0 Å². The third-order valence-corrected chi connectivity index (χ3v) is 3.54. The van der Waals surface area contributed by atoms with Crippen molar-refractivity contribution in [2.45, 2.75) is 44.3 Å². The molecule has 0 heterocycles. The van der Waals surface area contributed by atoms with Gasteiger partial charge in [-0.2, -0.15) is 11.8 Å². The second kappa shape index (κ2) is 5.70. The molecule has 64 valence electrons. The average Bonchev–Trinajstić information content (AvgIpc) is 2.07. The molecule has 0 unspecified atom stereocenters. The molecule has 1 saturated carbocycles. The van der Waals surface area contributed by atoms with Gasteiger partial charge in [0.15, 0.2) is 0 Å². The second-order valence-corrected chi connectivity index (χ2v) is 4.50. The summed E-state index contributed by atoms with van der Waals surface area (Å²) in [6.45, 7) is 2.10. The van der Waals surface area contributed by atoms with E-state index in [4.69, 9.17) is 0 Å². The van der Waals surface area contributed by atoms with Gasteiger partial charge < -0.3 is 0 Å². The summed E-state index contributed by atoms with van der Waals surface area (Å²) >= 11 is 2.14. The Morgan fingerprint density at radius 1 is 1.27 bits per heavy atom. The Morgan fingerprint density at radius 2 is 2.00 bits per heavy atom. The number of hydrogen-bond acceptors (Lipinski definition) is 1. The van der Waals surface area contributed by atoms with Crippen LogP contribution in [0.1, 0.15) is 39.0 Å². The summed E-state index contributed by atoms with van der Waals surface area (Å²) < 4.78 is 0. The summed E-state index contributed by atoms with van der Waals surface area (Å²) in [5, 5.41) is 0.972. The fourth-order valence-corrected chi connectivity index (χ4v) is 2.76. The molecule has 0 atom stereocenters. The van der Waals surface area contributed by atoms with Crippen molar-refractivity contribution >= 4 is 11.8 Å². The molecule has 0 aromatic carbocycles. The van der Waals surface area contributed by atoms with Gasteiger partial charge in [-0.1, -0.05) is 31.4 Å². The van der Waals surface area contributed by atoms with Crippen LogP contribution in [0.15, 0.2) is 12.2 Å². The van der Waals surface area contributed by atoms with Crippen LogP contribution in [0.25, 0.3) is 0 Å². The number of hydrogen-bond donors (Lipinski definition) is 0. The molecule has 1 aliphatic carbocycles. The predicted molar refractivity (Wildman–Crippen MR) is 54.1 cm³/mol. The Labute approximate surface area is 74.5 Å². The molecule has 0 bridgehead atoms. The molecule has 0 spiro atoms. The summed E-state index contributed by atoms with van der Waals surface area (Å²) in [5.74, 6) is 1.22. The molecule has 0 aromatic heterocycles. The largest absolute Gasteiger partial charge is 0.154 e. The van der Waals surface area contributed by atoms with Gasteiger partial charge in [0.25, 0.3) is 0 Å². The van der Waals surface area contributed by atoms with Gasteiger partial charge in [-0.05, 0) is 19.8 Å². The van der Waals surface area contributed by atoms with Crippen LogP contribution >= 0.6 is 11.8 Å². The highest BCUT2D eigenvalue weighted by atomic mass is 32.2. The molecule has 1 rings (SSSR count). The summed E-state index contributed by atoms with van der Waals surface area (Å²) in [6.07, 6.45) is 11.7. The summed E-state index contributed by atoms with van der Waals surface area (Å²) in [6, 6.07) is 0. The van der Waals surface area contributed by atoms with E-state index in [9.17, 15) is 0 Å². The van der Waals surface area contributed by atoms with Gasteiger partial charge in [0.1, 0.15) is 0 Å². The maximum absolute atomic E-state index is 2.26. The number of rotatable bonds is 3. The zero-order valence-corrected chi connectivity index (χ0v) is 8.20. The smallest absolute Gasteiger partial charge is 0.0116 e. The normalized spacial score (nSPS) is 21.2. The topological polar surface area (TPSA) is 0 Å². The van der Waals surface area contributed by atoms with Crippen molar-refractivity contribution in [1.29, 1.82) is 0 Å². The molecule has 0 radical (unpaired) electrons. The van der Waals surface area contributed by atoms with E-state index in [1.54, 1.807) is 0 Å². The van der Waals surface area contributed by atoms with Crippen molar-refractivity contribution in [1.82, 2.24) is 0 Å². The molecule has 0 amide bonds. The highest BCUT2D eigenvalue weighted by Crippen LogP contribution is 2.27. The van der Waals surface area contributed by atoms with Crippen LogP contribution in [0, 0.1) is 0 Å². The van der Waals surface area contributed by atoms with Crippen molar-refractivity contribution < 1.29 is 0 Å². The minimum Gasteiger partial charge on any atom is -0.154 e. The van der Waals surface area contributed by atoms with Crippen molar-refractivity contribution in [2.24, 2.45) is 0 Å². The van der Waals surface area contributed by atoms with Gasteiger partial charge in [0.05, 0.1) is 0 Å². The molecule has 1 aliphatic rings. The molecule has 1 fully saturated rings. The van der Waals surface area contributed by atoms with Crippen LogP contribution in [0.4, 0.5) is 0 Å². The predicted octanol–water partition coefficient (Wildman–Crippen LogP) is 3.63. The maximum atomic E-state index is 2.26. The van der Waals surface area contributed by atoms with Crippen molar-refractivity contribution in [3.63, 3.8) is 0 Å². The third-order valence-electron chi connectivity index (χ3n) is 2.22. The molecule has 0 saturated heterocycles. The zero-order valence-electron chi connectivity index (χ0n) is 7.38. The fourth-order valence-electron chi connectivity index (χ4n) is 1.52.